The molecule has 1 aliphatic rings. The normalized spacial score (nSPS) is 13.6. The van der Waals surface area contributed by atoms with Gasteiger partial charge in [0.25, 0.3) is 0 Å². The molecule has 1 saturated heterocycles. The summed E-state index contributed by atoms with van der Waals surface area (Å²) in [4.78, 5) is 32.7. The molecular weight excluding hydrogens is 408 g/mol. The van der Waals surface area contributed by atoms with E-state index < -0.39 is 0 Å². The summed E-state index contributed by atoms with van der Waals surface area (Å²) in [7, 11) is 3.10. The Hall–Kier alpha value is -3.53. The molecule has 4 rings (SSSR count). The zero-order valence-electron chi connectivity index (χ0n) is 16.5. The molecule has 0 spiro atoms. The number of anilines is 2. The standard InChI is InChI=1S/C20H20N4O5S/c1-27-13-5-6-17(28-2)15(10-13)24-8-7-23(20(24)26)11-18(25)22-19-21-14(12-30-19)16-4-3-9-29-16/h3-6,9-10,12H,7-8,11H2,1-2H3,(H,21,22,25). The van der Waals surface area contributed by atoms with Crippen LogP contribution >= 0.6 is 11.3 Å². The van der Waals surface area contributed by atoms with Gasteiger partial charge < -0.3 is 24.1 Å². The summed E-state index contributed by atoms with van der Waals surface area (Å²) in [6.07, 6.45) is 1.56. The first-order valence-corrected chi connectivity index (χ1v) is 10.0. The number of nitrogens with one attached hydrogen (secondary N) is 1. The van der Waals surface area contributed by atoms with Crippen LogP contribution in [0, 0.1) is 0 Å². The smallest absolute Gasteiger partial charge is 0.325 e. The number of rotatable bonds is 7. The highest BCUT2D eigenvalue weighted by Crippen LogP contribution is 2.34. The fraction of sp³-hybridized carbons (Fsp3) is 0.250. The van der Waals surface area contributed by atoms with Crippen LogP contribution in [-0.4, -0.2) is 55.7 Å². The number of thiazole rings is 1. The first-order valence-electron chi connectivity index (χ1n) is 9.16. The minimum absolute atomic E-state index is 0.0721. The van der Waals surface area contributed by atoms with Gasteiger partial charge in [0.15, 0.2) is 10.9 Å². The van der Waals surface area contributed by atoms with Gasteiger partial charge in [0.1, 0.15) is 23.7 Å². The number of carbonyl (C=O) groups excluding carboxylic acids is 2. The van der Waals surface area contributed by atoms with Crippen LogP contribution in [0.2, 0.25) is 0 Å². The van der Waals surface area contributed by atoms with Gasteiger partial charge >= 0.3 is 6.03 Å². The van der Waals surface area contributed by atoms with Crippen LogP contribution in [-0.2, 0) is 4.79 Å². The fourth-order valence-electron chi connectivity index (χ4n) is 3.16. The number of benzene rings is 1. The van der Waals surface area contributed by atoms with Crippen LogP contribution < -0.4 is 19.7 Å². The second-order valence-corrected chi connectivity index (χ2v) is 7.32. The Morgan fingerprint density at radius 1 is 1.27 bits per heavy atom. The zero-order valence-corrected chi connectivity index (χ0v) is 17.3. The monoisotopic (exact) mass is 428 g/mol. The lowest BCUT2D eigenvalue weighted by Crippen LogP contribution is -2.37. The van der Waals surface area contributed by atoms with Gasteiger partial charge in [-0.15, -0.1) is 11.3 Å². The number of amides is 3. The van der Waals surface area contributed by atoms with Crippen LogP contribution in [0.4, 0.5) is 15.6 Å². The molecule has 0 unspecified atom stereocenters. The molecule has 10 heteroatoms. The second-order valence-electron chi connectivity index (χ2n) is 6.46. The average molecular weight is 428 g/mol. The van der Waals surface area contributed by atoms with Crippen LogP contribution in [0.5, 0.6) is 11.5 Å². The molecule has 0 radical (unpaired) electrons. The van der Waals surface area contributed by atoms with Crippen LogP contribution in [0.1, 0.15) is 0 Å². The lowest BCUT2D eigenvalue weighted by molar-refractivity contribution is -0.116. The number of methoxy groups -OCH3 is 2. The summed E-state index contributed by atoms with van der Waals surface area (Å²) in [6.45, 7) is 0.787. The van der Waals surface area contributed by atoms with E-state index in [4.69, 9.17) is 13.9 Å². The number of hydrogen-bond donors (Lipinski definition) is 1. The third kappa shape index (κ3) is 3.94. The van der Waals surface area contributed by atoms with Gasteiger partial charge in [-0.1, -0.05) is 0 Å². The maximum atomic E-state index is 12.9. The molecule has 0 aliphatic carbocycles. The van der Waals surface area contributed by atoms with Crippen molar-refractivity contribution in [3.8, 4) is 23.0 Å². The molecule has 156 valence electrons. The van der Waals surface area contributed by atoms with Gasteiger partial charge in [-0.3, -0.25) is 9.69 Å². The minimum Gasteiger partial charge on any atom is -0.497 e. The molecule has 1 aromatic carbocycles. The van der Waals surface area contributed by atoms with Gasteiger partial charge in [-0.2, -0.15) is 0 Å². The summed E-state index contributed by atoms with van der Waals surface area (Å²) in [5.74, 6) is 1.49. The first-order chi connectivity index (χ1) is 14.6. The van der Waals surface area contributed by atoms with E-state index in [1.807, 2.05) is 0 Å². The Kier molecular flexibility index (Phi) is 5.57. The molecular formula is C20H20N4O5S. The molecule has 1 aliphatic heterocycles. The molecule has 30 heavy (non-hydrogen) atoms. The number of carbonyl (C=O) groups is 2. The van der Waals surface area contributed by atoms with E-state index in [1.165, 1.54) is 16.2 Å². The average Bonchev–Trinajstić information content (AvgIpc) is 3.50. The van der Waals surface area contributed by atoms with Crippen molar-refractivity contribution in [1.29, 1.82) is 0 Å². The van der Waals surface area contributed by atoms with Crippen molar-refractivity contribution in [1.82, 2.24) is 9.88 Å². The Balaban J connectivity index is 1.40. The van der Waals surface area contributed by atoms with Gasteiger partial charge in [0.2, 0.25) is 5.91 Å². The zero-order chi connectivity index (χ0) is 21.1. The van der Waals surface area contributed by atoms with Crippen molar-refractivity contribution in [3.05, 3.63) is 42.0 Å². The SMILES string of the molecule is COc1ccc(OC)c(N2CCN(CC(=O)Nc3nc(-c4ccco4)cs3)C2=O)c1. The third-order valence-electron chi connectivity index (χ3n) is 4.63. The Morgan fingerprint density at radius 3 is 2.87 bits per heavy atom. The lowest BCUT2D eigenvalue weighted by atomic mass is 10.2. The summed E-state index contributed by atoms with van der Waals surface area (Å²) < 4.78 is 15.9. The summed E-state index contributed by atoms with van der Waals surface area (Å²) in [6, 6.07) is 8.55. The predicted octanol–water partition coefficient (Wildman–Crippen LogP) is 3.30. The van der Waals surface area contributed by atoms with Crippen LogP contribution in [0.25, 0.3) is 11.5 Å². The van der Waals surface area contributed by atoms with E-state index in [9.17, 15) is 9.59 Å². The van der Waals surface area contributed by atoms with Gasteiger partial charge in [0.05, 0.1) is 26.2 Å². The van der Waals surface area contributed by atoms with E-state index >= 15 is 0 Å². The molecule has 0 atom stereocenters. The molecule has 9 nitrogen and oxygen atoms in total. The molecule has 3 amide bonds. The van der Waals surface area contributed by atoms with Crippen molar-refractivity contribution in [3.63, 3.8) is 0 Å². The highest BCUT2D eigenvalue weighted by Gasteiger charge is 2.32. The summed E-state index contributed by atoms with van der Waals surface area (Å²) >= 11 is 1.29. The van der Waals surface area contributed by atoms with E-state index in [2.05, 4.69) is 10.3 Å². The topological polar surface area (TPSA) is 97.1 Å². The van der Waals surface area contributed by atoms with E-state index in [0.29, 0.717) is 46.9 Å². The van der Waals surface area contributed by atoms with Gasteiger partial charge in [0, 0.05) is 24.5 Å². The molecule has 3 heterocycles. The Labute approximate surface area is 176 Å². The van der Waals surface area contributed by atoms with E-state index in [-0.39, 0.29) is 18.5 Å². The minimum atomic E-state index is -0.317. The molecule has 3 aromatic rings. The summed E-state index contributed by atoms with van der Waals surface area (Å²) in [5.41, 5.74) is 1.25. The molecule has 0 saturated carbocycles. The van der Waals surface area contributed by atoms with Gasteiger partial charge in [-0.05, 0) is 24.3 Å². The fourth-order valence-corrected chi connectivity index (χ4v) is 3.88. The largest absolute Gasteiger partial charge is 0.497 e. The van der Waals surface area contributed by atoms with Crippen molar-refractivity contribution in [2.45, 2.75) is 0 Å². The van der Waals surface area contributed by atoms with Gasteiger partial charge in [-0.25, -0.2) is 9.78 Å². The molecule has 1 N–H and O–H groups in total. The van der Waals surface area contributed by atoms with Crippen molar-refractivity contribution < 1.29 is 23.5 Å². The maximum Gasteiger partial charge on any atom is 0.325 e. The number of hydrogen-bond acceptors (Lipinski definition) is 7. The van der Waals surface area contributed by atoms with Crippen molar-refractivity contribution in [2.75, 3.05) is 44.1 Å². The van der Waals surface area contributed by atoms with Crippen LogP contribution in [0.15, 0.2) is 46.4 Å². The molecule has 0 bridgehead atoms. The van der Waals surface area contributed by atoms with E-state index in [1.54, 1.807) is 61.1 Å². The first kappa shape index (κ1) is 19.8. The third-order valence-corrected chi connectivity index (χ3v) is 5.39. The quantitative estimate of drug-likeness (QED) is 0.620. The Bertz CT molecular complexity index is 1050. The number of ether oxygens (including phenoxy) is 2. The Morgan fingerprint density at radius 2 is 2.13 bits per heavy atom. The second kappa shape index (κ2) is 8.46. The molecule has 1 fully saturated rings. The number of nitrogens with zero attached hydrogens (tertiary/aromatic N) is 3. The molecule has 2 aromatic heterocycles. The highest BCUT2D eigenvalue weighted by molar-refractivity contribution is 7.14. The maximum absolute atomic E-state index is 12.9. The number of aromatic nitrogens is 1. The van der Waals surface area contributed by atoms with E-state index in [0.717, 1.165) is 0 Å². The number of furan rings is 1. The number of urea groups is 1. The highest BCUT2D eigenvalue weighted by atomic mass is 32.1. The van der Waals surface area contributed by atoms with Crippen LogP contribution in [0.3, 0.4) is 0 Å². The summed E-state index contributed by atoms with van der Waals surface area (Å²) in [5, 5.41) is 4.98. The van der Waals surface area contributed by atoms with Crippen molar-refractivity contribution >= 4 is 34.1 Å². The lowest BCUT2D eigenvalue weighted by Gasteiger charge is -2.20. The predicted molar refractivity (Wildman–Crippen MR) is 112 cm³/mol. The van der Waals surface area contributed by atoms with Crippen molar-refractivity contribution in [2.24, 2.45) is 0 Å².